The van der Waals surface area contributed by atoms with Gasteiger partial charge in [0.25, 0.3) is 0 Å². The minimum atomic E-state index is -0.802. The number of piperazine rings is 1. The topological polar surface area (TPSA) is 61.9 Å². The SMILES string of the molecule is COC(=O)c1ccc(N2CCN(C(C)C(=O)Nc3ccc(F)cc3F)C(C)C2)cc1. The van der Waals surface area contributed by atoms with Gasteiger partial charge in [-0.1, -0.05) is 0 Å². The molecule has 2 aromatic rings. The van der Waals surface area contributed by atoms with Crippen LogP contribution in [-0.4, -0.2) is 55.6 Å². The number of esters is 1. The minimum Gasteiger partial charge on any atom is -0.465 e. The lowest BCUT2D eigenvalue weighted by atomic mass is 10.1. The van der Waals surface area contributed by atoms with Crippen molar-refractivity contribution in [2.45, 2.75) is 25.9 Å². The van der Waals surface area contributed by atoms with Crippen molar-refractivity contribution in [1.82, 2.24) is 4.90 Å². The summed E-state index contributed by atoms with van der Waals surface area (Å²) in [4.78, 5) is 28.4. The van der Waals surface area contributed by atoms with E-state index in [2.05, 4.69) is 15.1 Å². The monoisotopic (exact) mass is 417 g/mol. The molecule has 0 bridgehead atoms. The van der Waals surface area contributed by atoms with Crippen LogP contribution in [0.2, 0.25) is 0 Å². The summed E-state index contributed by atoms with van der Waals surface area (Å²) in [5.41, 5.74) is 1.44. The van der Waals surface area contributed by atoms with Crippen molar-refractivity contribution in [3.63, 3.8) is 0 Å². The van der Waals surface area contributed by atoms with Gasteiger partial charge in [0.05, 0.1) is 24.4 Å². The summed E-state index contributed by atoms with van der Waals surface area (Å²) >= 11 is 0. The van der Waals surface area contributed by atoms with Crippen molar-refractivity contribution in [2.24, 2.45) is 0 Å². The number of hydrogen-bond acceptors (Lipinski definition) is 5. The van der Waals surface area contributed by atoms with E-state index in [4.69, 9.17) is 4.74 Å². The molecule has 1 saturated heterocycles. The van der Waals surface area contributed by atoms with Gasteiger partial charge in [-0.15, -0.1) is 0 Å². The van der Waals surface area contributed by atoms with Crippen LogP contribution in [0.15, 0.2) is 42.5 Å². The van der Waals surface area contributed by atoms with E-state index in [9.17, 15) is 18.4 Å². The third-order valence-corrected chi connectivity index (χ3v) is 5.40. The molecule has 8 heteroatoms. The van der Waals surface area contributed by atoms with Crippen molar-refractivity contribution in [3.05, 3.63) is 59.7 Å². The van der Waals surface area contributed by atoms with Crippen molar-refractivity contribution in [3.8, 4) is 0 Å². The fraction of sp³-hybridized carbons (Fsp3) is 0.364. The zero-order valence-corrected chi connectivity index (χ0v) is 17.2. The number of amides is 1. The lowest BCUT2D eigenvalue weighted by Gasteiger charge is -2.43. The molecule has 1 aliphatic rings. The fourth-order valence-electron chi connectivity index (χ4n) is 3.69. The maximum absolute atomic E-state index is 13.8. The quantitative estimate of drug-likeness (QED) is 0.757. The number of benzene rings is 2. The number of carbonyl (C=O) groups is 2. The lowest BCUT2D eigenvalue weighted by molar-refractivity contribution is -0.121. The van der Waals surface area contributed by atoms with Crippen LogP contribution in [0.4, 0.5) is 20.2 Å². The van der Waals surface area contributed by atoms with Gasteiger partial charge in [-0.2, -0.15) is 0 Å². The second-order valence-electron chi connectivity index (χ2n) is 7.36. The average molecular weight is 417 g/mol. The van der Waals surface area contributed by atoms with Crippen molar-refractivity contribution in [1.29, 1.82) is 0 Å². The maximum atomic E-state index is 13.8. The van der Waals surface area contributed by atoms with Crippen molar-refractivity contribution < 1.29 is 23.1 Å². The Labute approximate surface area is 174 Å². The van der Waals surface area contributed by atoms with Gasteiger partial charge in [0, 0.05) is 37.4 Å². The molecule has 2 atom stereocenters. The zero-order valence-electron chi connectivity index (χ0n) is 17.2. The Morgan fingerprint density at radius 3 is 2.43 bits per heavy atom. The summed E-state index contributed by atoms with van der Waals surface area (Å²) in [6.07, 6.45) is 0. The summed E-state index contributed by atoms with van der Waals surface area (Å²) < 4.78 is 31.6. The molecule has 0 aromatic heterocycles. The molecule has 2 aromatic carbocycles. The highest BCUT2D eigenvalue weighted by Gasteiger charge is 2.31. The Hall–Kier alpha value is -3.00. The van der Waals surface area contributed by atoms with Crippen LogP contribution >= 0.6 is 0 Å². The molecule has 1 amide bonds. The van der Waals surface area contributed by atoms with E-state index in [0.717, 1.165) is 17.8 Å². The normalized spacial score (nSPS) is 18.0. The molecule has 1 fully saturated rings. The average Bonchev–Trinajstić information content (AvgIpc) is 2.74. The molecule has 2 unspecified atom stereocenters. The zero-order chi connectivity index (χ0) is 21.8. The van der Waals surface area contributed by atoms with E-state index in [1.807, 2.05) is 19.1 Å². The molecule has 0 spiro atoms. The second-order valence-corrected chi connectivity index (χ2v) is 7.36. The first kappa shape index (κ1) is 21.7. The van der Waals surface area contributed by atoms with Gasteiger partial charge in [0.1, 0.15) is 11.6 Å². The predicted octanol–water partition coefficient (Wildman–Crippen LogP) is 3.29. The number of methoxy groups -OCH3 is 1. The first-order valence-corrected chi connectivity index (χ1v) is 9.75. The molecule has 160 valence electrons. The Morgan fingerprint density at radius 2 is 1.83 bits per heavy atom. The maximum Gasteiger partial charge on any atom is 0.337 e. The standard InChI is InChI=1S/C22H25F2N3O3/c1-14-13-26(18-7-4-16(5-8-18)22(29)30-3)10-11-27(14)15(2)21(28)25-20-9-6-17(23)12-19(20)24/h4-9,12,14-15H,10-11,13H2,1-3H3,(H,25,28). The lowest BCUT2D eigenvalue weighted by Crippen LogP contribution is -2.57. The summed E-state index contributed by atoms with van der Waals surface area (Å²) in [7, 11) is 1.35. The Bertz CT molecular complexity index is 920. The first-order chi connectivity index (χ1) is 14.3. The fourth-order valence-corrected chi connectivity index (χ4v) is 3.69. The number of nitrogens with zero attached hydrogens (tertiary/aromatic N) is 2. The largest absolute Gasteiger partial charge is 0.465 e. The molecule has 30 heavy (non-hydrogen) atoms. The molecule has 0 saturated carbocycles. The van der Waals surface area contributed by atoms with Gasteiger partial charge in [0.15, 0.2) is 0 Å². The number of nitrogens with one attached hydrogen (secondary N) is 1. The molecule has 1 heterocycles. The number of halogens is 2. The van der Waals surface area contributed by atoms with Gasteiger partial charge in [-0.25, -0.2) is 13.6 Å². The number of rotatable bonds is 5. The Morgan fingerprint density at radius 1 is 1.13 bits per heavy atom. The van der Waals surface area contributed by atoms with Crippen LogP contribution < -0.4 is 10.2 Å². The van der Waals surface area contributed by atoms with Gasteiger partial charge in [-0.05, 0) is 50.2 Å². The van der Waals surface area contributed by atoms with Crippen molar-refractivity contribution in [2.75, 3.05) is 37.0 Å². The van der Waals surface area contributed by atoms with Crippen LogP contribution in [0.1, 0.15) is 24.2 Å². The van der Waals surface area contributed by atoms with E-state index in [1.54, 1.807) is 19.1 Å². The molecule has 0 radical (unpaired) electrons. The summed E-state index contributed by atoms with van der Waals surface area (Å²) in [6.45, 7) is 5.83. The summed E-state index contributed by atoms with van der Waals surface area (Å²) in [5.74, 6) is -2.22. The third-order valence-electron chi connectivity index (χ3n) is 5.40. The van der Waals surface area contributed by atoms with Gasteiger partial charge in [0.2, 0.25) is 5.91 Å². The highest BCUT2D eigenvalue weighted by atomic mass is 19.1. The number of anilines is 2. The molecular formula is C22H25F2N3O3. The minimum absolute atomic E-state index is 0.0368. The van der Waals surface area contributed by atoms with E-state index >= 15 is 0 Å². The summed E-state index contributed by atoms with van der Waals surface area (Å²) in [5, 5.41) is 2.54. The van der Waals surface area contributed by atoms with E-state index in [0.29, 0.717) is 25.2 Å². The van der Waals surface area contributed by atoms with Crippen LogP contribution in [-0.2, 0) is 9.53 Å². The molecule has 6 nitrogen and oxygen atoms in total. The number of ether oxygens (including phenoxy) is 1. The molecular weight excluding hydrogens is 392 g/mol. The van der Waals surface area contributed by atoms with Gasteiger partial charge >= 0.3 is 5.97 Å². The van der Waals surface area contributed by atoms with E-state index < -0.39 is 17.7 Å². The predicted molar refractivity (Wildman–Crippen MR) is 111 cm³/mol. The highest BCUT2D eigenvalue weighted by molar-refractivity contribution is 5.94. The number of carbonyl (C=O) groups excluding carboxylic acids is 2. The van der Waals surface area contributed by atoms with Gasteiger partial charge in [-0.3, -0.25) is 9.69 Å². The van der Waals surface area contributed by atoms with Crippen LogP contribution in [0.3, 0.4) is 0 Å². The second kappa shape index (κ2) is 9.21. The number of hydrogen-bond donors (Lipinski definition) is 1. The van der Waals surface area contributed by atoms with Crippen LogP contribution in [0.5, 0.6) is 0 Å². The van der Waals surface area contributed by atoms with Crippen LogP contribution in [0.25, 0.3) is 0 Å². The first-order valence-electron chi connectivity index (χ1n) is 9.75. The third kappa shape index (κ3) is 4.76. The van der Waals surface area contributed by atoms with Crippen LogP contribution in [0, 0.1) is 11.6 Å². The van der Waals surface area contributed by atoms with E-state index in [-0.39, 0.29) is 23.6 Å². The smallest absolute Gasteiger partial charge is 0.337 e. The molecule has 1 aliphatic heterocycles. The highest BCUT2D eigenvalue weighted by Crippen LogP contribution is 2.22. The Kier molecular flexibility index (Phi) is 6.66. The Balaban J connectivity index is 1.61. The molecule has 0 aliphatic carbocycles. The van der Waals surface area contributed by atoms with Gasteiger partial charge < -0.3 is 15.0 Å². The molecule has 3 rings (SSSR count). The van der Waals surface area contributed by atoms with E-state index in [1.165, 1.54) is 13.2 Å². The molecule has 1 N–H and O–H groups in total. The summed E-state index contributed by atoms with van der Waals surface area (Å²) in [6, 6.07) is 9.87. The van der Waals surface area contributed by atoms with Crippen molar-refractivity contribution >= 4 is 23.3 Å².